The third kappa shape index (κ3) is 4.06. The van der Waals surface area contributed by atoms with E-state index in [0.29, 0.717) is 18.9 Å². The zero-order valence-electron chi connectivity index (χ0n) is 10.1. The Kier molecular flexibility index (Phi) is 5.13. The van der Waals surface area contributed by atoms with Crippen LogP contribution in [0.4, 0.5) is 11.4 Å². The van der Waals surface area contributed by atoms with E-state index in [-0.39, 0.29) is 23.6 Å². The van der Waals surface area contributed by atoms with Crippen molar-refractivity contribution in [1.82, 2.24) is 0 Å². The number of hydrogen-bond donors (Lipinski definition) is 3. The summed E-state index contributed by atoms with van der Waals surface area (Å²) >= 11 is 0. The Morgan fingerprint density at radius 2 is 2.17 bits per heavy atom. The Morgan fingerprint density at radius 3 is 2.72 bits per heavy atom. The number of benzene rings is 1. The van der Waals surface area contributed by atoms with Crippen LogP contribution in [0.25, 0.3) is 0 Å². The molecule has 0 bridgehead atoms. The van der Waals surface area contributed by atoms with Gasteiger partial charge in [-0.25, -0.2) is 4.79 Å². The van der Waals surface area contributed by atoms with Crippen molar-refractivity contribution in [3.63, 3.8) is 0 Å². The number of hydrogen-bond acceptors (Lipinski definition) is 4. The van der Waals surface area contributed by atoms with Crippen LogP contribution in [0.1, 0.15) is 23.7 Å². The molecule has 0 radical (unpaired) electrons. The van der Waals surface area contributed by atoms with Crippen LogP contribution in [-0.4, -0.2) is 30.2 Å². The summed E-state index contributed by atoms with van der Waals surface area (Å²) < 4.78 is 5.05. The van der Waals surface area contributed by atoms with Crippen LogP contribution < -0.4 is 11.1 Å². The maximum atomic E-state index is 11.5. The number of carbonyl (C=O) groups is 2. The van der Waals surface area contributed by atoms with Crippen molar-refractivity contribution in [2.45, 2.75) is 13.3 Å². The highest BCUT2D eigenvalue weighted by atomic mass is 16.5. The molecule has 6 heteroatoms. The van der Waals surface area contributed by atoms with Gasteiger partial charge in [0.15, 0.2) is 0 Å². The summed E-state index contributed by atoms with van der Waals surface area (Å²) in [6, 6.07) is 4.16. The molecule has 0 saturated heterocycles. The van der Waals surface area contributed by atoms with Crippen LogP contribution in [0, 0.1) is 0 Å². The summed E-state index contributed by atoms with van der Waals surface area (Å²) in [5.74, 6) is -1.28. The van der Waals surface area contributed by atoms with Crippen molar-refractivity contribution < 1.29 is 19.4 Å². The first-order chi connectivity index (χ1) is 8.54. The van der Waals surface area contributed by atoms with E-state index in [9.17, 15) is 9.59 Å². The van der Waals surface area contributed by atoms with E-state index in [1.807, 2.05) is 6.92 Å². The van der Waals surface area contributed by atoms with Gasteiger partial charge in [0.25, 0.3) is 0 Å². The largest absolute Gasteiger partial charge is 0.478 e. The molecule has 0 fully saturated rings. The molecule has 6 nitrogen and oxygen atoms in total. The smallest absolute Gasteiger partial charge is 0.335 e. The van der Waals surface area contributed by atoms with Gasteiger partial charge in [-0.05, 0) is 25.1 Å². The summed E-state index contributed by atoms with van der Waals surface area (Å²) in [6.07, 6.45) is 0.230. The predicted octanol–water partition coefficient (Wildman–Crippen LogP) is 1.33. The zero-order valence-corrected chi connectivity index (χ0v) is 10.1. The number of amides is 1. The Morgan fingerprint density at radius 1 is 1.44 bits per heavy atom. The third-order valence-electron chi connectivity index (χ3n) is 2.25. The first-order valence-corrected chi connectivity index (χ1v) is 5.55. The van der Waals surface area contributed by atoms with Crippen LogP contribution in [0.5, 0.6) is 0 Å². The number of ether oxygens (including phenoxy) is 1. The highest BCUT2D eigenvalue weighted by Crippen LogP contribution is 2.20. The topological polar surface area (TPSA) is 102 Å². The van der Waals surface area contributed by atoms with Gasteiger partial charge >= 0.3 is 5.97 Å². The quantitative estimate of drug-likeness (QED) is 0.523. The zero-order chi connectivity index (χ0) is 13.5. The van der Waals surface area contributed by atoms with E-state index in [4.69, 9.17) is 15.6 Å². The minimum atomic E-state index is -1.06. The molecule has 1 rings (SSSR count). The number of nitrogens with one attached hydrogen (secondary N) is 1. The molecule has 98 valence electrons. The van der Waals surface area contributed by atoms with Gasteiger partial charge in [-0.15, -0.1) is 0 Å². The highest BCUT2D eigenvalue weighted by molar-refractivity contribution is 5.96. The van der Waals surface area contributed by atoms with Gasteiger partial charge in [-0.2, -0.15) is 0 Å². The Balaban J connectivity index is 2.62. The van der Waals surface area contributed by atoms with E-state index in [0.717, 1.165) is 0 Å². The van der Waals surface area contributed by atoms with Gasteiger partial charge in [-0.3, -0.25) is 4.79 Å². The summed E-state index contributed by atoms with van der Waals surface area (Å²) in [7, 11) is 0. The molecular formula is C12H16N2O4. The second-order valence-electron chi connectivity index (χ2n) is 3.60. The maximum Gasteiger partial charge on any atom is 0.335 e. The minimum absolute atomic E-state index is 0.0832. The molecule has 0 aliphatic carbocycles. The highest BCUT2D eigenvalue weighted by Gasteiger charge is 2.08. The van der Waals surface area contributed by atoms with Crippen molar-refractivity contribution in [3.05, 3.63) is 23.8 Å². The molecule has 0 spiro atoms. The molecule has 0 aliphatic rings. The molecule has 0 unspecified atom stereocenters. The lowest BCUT2D eigenvalue weighted by Crippen LogP contribution is -2.15. The van der Waals surface area contributed by atoms with Gasteiger partial charge < -0.3 is 20.9 Å². The van der Waals surface area contributed by atoms with Crippen LogP contribution in [0.15, 0.2) is 18.2 Å². The molecule has 1 aromatic rings. The van der Waals surface area contributed by atoms with Crippen LogP contribution in [0.2, 0.25) is 0 Å². The molecule has 1 aromatic carbocycles. The molecular weight excluding hydrogens is 236 g/mol. The fraction of sp³-hybridized carbons (Fsp3) is 0.333. The molecule has 0 aliphatic heterocycles. The average molecular weight is 252 g/mol. The van der Waals surface area contributed by atoms with E-state index in [2.05, 4.69) is 5.32 Å². The summed E-state index contributed by atoms with van der Waals surface area (Å²) in [5, 5.41) is 11.4. The molecule has 0 aromatic heterocycles. The van der Waals surface area contributed by atoms with E-state index in [1.165, 1.54) is 18.2 Å². The van der Waals surface area contributed by atoms with Crippen molar-refractivity contribution in [2.75, 3.05) is 24.3 Å². The normalized spacial score (nSPS) is 10.1. The van der Waals surface area contributed by atoms with Gasteiger partial charge in [-0.1, -0.05) is 0 Å². The number of nitrogen functional groups attached to an aromatic ring is 1. The Bertz CT molecular complexity index is 446. The van der Waals surface area contributed by atoms with Crippen molar-refractivity contribution in [1.29, 1.82) is 0 Å². The molecule has 4 N–H and O–H groups in total. The molecule has 0 heterocycles. The van der Waals surface area contributed by atoms with E-state index < -0.39 is 5.97 Å². The number of aromatic carboxylic acids is 1. The number of carboxylic acid groups (broad SMARTS) is 1. The number of anilines is 2. The van der Waals surface area contributed by atoms with Crippen LogP contribution in [0.3, 0.4) is 0 Å². The van der Waals surface area contributed by atoms with Gasteiger partial charge in [0.2, 0.25) is 5.91 Å². The minimum Gasteiger partial charge on any atom is -0.478 e. The SMILES string of the molecule is CCOCCC(=O)Nc1ccc(C(=O)O)cc1N. The number of rotatable bonds is 6. The molecule has 0 atom stereocenters. The summed E-state index contributed by atoms with van der Waals surface area (Å²) in [5.41, 5.74) is 6.36. The summed E-state index contributed by atoms with van der Waals surface area (Å²) in [4.78, 5) is 22.2. The molecule has 0 saturated carbocycles. The maximum absolute atomic E-state index is 11.5. The lowest BCUT2D eigenvalue weighted by molar-refractivity contribution is -0.117. The molecule has 1 amide bonds. The van der Waals surface area contributed by atoms with Crippen molar-refractivity contribution in [2.24, 2.45) is 0 Å². The first kappa shape index (κ1) is 14.0. The Labute approximate surface area is 105 Å². The van der Waals surface area contributed by atoms with Gasteiger partial charge in [0.1, 0.15) is 0 Å². The summed E-state index contributed by atoms with van der Waals surface area (Å²) in [6.45, 7) is 2.75. The van der Waals surface area contributed by atoms with Gasteiger partial charge in [0.05, 0.1) is 30.0 Å². The average Bonchev–Trinajstić information content (AvgIpc) is 2.32. The fourth-order valence-electron chi connectivity index (χ4n) is 1.33. The number of nitrogens with two attached hydrogens (primary N) is 1. The fourth-order valence-corrected chi connectivity index (χ4v) is 1.33. The van der Waals surface area contributed by atoms with Crippen molar-refractivity contribution >= 4 is 23.3 Å². The monoisotopic (exact) mass is 252 g/mol. The Hall–Kier alpha value is -2.08. The lowest BCUT2D eigenvalue weighted by atomic mass is 10.1. The predicted molar refractivity (Wildman–Crippen MR) is 67.6 cm³/mol. The first-order valence-electron chi connectivity index (χ1n) is 5.55. The standard InChI is InChI=1S/C12H16N2O4/c1-2-18-6-5-11(15)14-10-4-3-8(12(16)17)7-9(10)13/h3-4,7H,2,5-6,13H2,1H3,(H,14,15)(H,16,17). The third-order valence-corrected chi connectivity index (χ3v) is 2.25. The van der Waals surface area contributed by atoms with Gasteiger partial charge in [0, 0.05) is 6.61 Å². The number of carbonyl (C=O) groups excluding carboxylic acids is 1. The molecule has 18 heavy (non-hydrogen) atoms. The number of carboxylic acids is 1. The van der Waals surface area contributed by atoms with Crippen LogP contribution in [-0.2, 0) is 9.53 Å². The van der Waals surface area contributed by atoms with E-state index >= 15 is 0 Å². The van der Waals surface area contributed by atoms with Crippen LogP contribution >= 0.6 is 0 Å². The van der Waals surface area contributed by atoms with Crippen molar-refractivity contribution in [3.8, 4) is 0 Å². The van der Waals surface area contributed by atoms with E-state index in [1.54, 1.807) is 0 Å². The second-order valence-corrected chi connectivity index (χ2v) is 3.60. The lowest BCUT2D eigenvalue weighted by Gasteiger charge is -2.08. The second kappa shape index (κ2) is 6.61.